The van der Waals surface area contributed by atoms with Crippen molar-refractivity contribution in [1.29, 1.82) is 0 Å². The van der Waals surface area contributed by atoms with Crippen LogP contribution in [0.5, 0.6) is 5.75 Å². The maximum atomic E-state index is 14.6. The van der Waals surface area contributed by atoms with E-state index in [4.69, 9.17) is 16.3 Å². The molecule has 0 saturated heterocycles. The van der Waals surface area contributed by atoms with Gasteiger partial charge in [-0.05, 0) is 87.4 Å². The Morgan fingerprint density at radius 2 is 1.50 bits per heavy atom. The van der Waals surface area contributed by atoms with Gasteiger partial charge in [-0.1, -0.05) is 71.8 Å². The number of ether oxygens (including phenoxy) is 1. The number of benzene rings is 4. The second-order valence-corrected chi connectivity index (χ2v) is 14.4. The number of nitrogens with one attached hydrogen (secondary N) is 1. The lowest BCUT2D eigenvalue weighted by Crippen LogP contribution is -2.56. The average molecular weight is 662 g/mol. The predicted molar refractivity (Wildman–Crippen MR) is 183 cm³/mol. The Morgan fingerprint density at radius 1 is 0.870 bits per heavy atom. The van der Waals surface area contributed by atoms with Gasteiger partial charge in [-0.2, -0.15) is 0 Å². The molecule has 1 N–H and O–H groups in total. The van der Waals surface area contributed by atoms with Crippen LogP contribution in [-0.4, -0.2) is 50.4 Å². The van der Waals surface area contributed by atoms with Crippen LogP contribution in [0.15, 0.2) is 108 Å². The summed E-state index contributed by atoms with van der Waals surface area (Å²) < 4.78 is 34.7. The number of methoxy groups -OCH3 is 1. The number of hydrogen-bond acceptors (Lipinski definition) is 5. The molecule has 0 saturated carbocycles. The number of rotatable bonds is 12. The van der Waals surface area contributed by atoms with Crippen LogP contribution in [0.4, 0.5) is 5.69 Å². The smallest absolute Gasteiger partial charge is 0.264 e. The molecule has 242 valence electrons. The number of amides is 2. The van der Waals surface area contributed by atoms with Crippen molar-refractivity contribution >= 4 is 39.1 Å². The molecule has 0 heterocycles. The molecular weight excluding hydrogens is 622 g/mol. The number of carbonyl (C=O) groups is 2. The highest BCUT2D eigenvalue weighted by molar-refractivity contribution is 7.92. The maximum absolute atomic E-state index is 14.6. The highest BCUT2D eigenvalue weighted by Crippen LogP contribution is 2.27. The Balaban J connectivity index is 1.81. The van der Waals surface area contributed by atoms with Crippen molar-refractivity contribution in [3.8, 4) is 5.75 Å². The number of anilines is 1. The summed E-state index contributed by atoms with van der Waals surface area (Å²) in [5.74, 6) is -0.410. The monoisotopic (exact) mass is 661 g/mol. The summed E-state index contributed by atoms with van der Waals surface area (Å²) in [6.45, 7) is 6.98. The van der Waals surface area contributed by atoms with Gasteiger partial charge in [0, 0.05) is 23.5 Å². The predicted octanol–water partition coefficient (Wildman–Crippen LogP) is 6.41. The van der Waals surface area contributed by atoms with Crippen LogP contribution in [0.3, 0.4) is 0 Å². The van der Waals surface area contributed by atoms with E-state index >= 15 is 0 Å². The lowest BCUT2D eigenvalue weighted by atomic mass is 10.0. The average Bonchev–Trinajstić information content (AvgIpc) is 3.01. The molecule has 2 amide bonds. The zero-order chi connectivity index (χ0) is 33.5. The van der Waals surface area contributed by atoms with E-state index in [0.29, 0.717) is 22.0 Å². The lowest BCUT2D eigenvalue weighted by molar-refractivity contribution is -0.140. The van der Waals surface area contributed by atoms with Crippen LogP contribution in [0.2, 0.25) is 5.02 Å². The minimum atomic E-state index is -4.23. The Kier molecular flexibility index (Phi) is 11.1. The molecule has 4 aromatic carbocycles. The fraction of sp³-hybridized carbons (Fsp3) is 0.278. The van der Waals surface area contributed by atoms with Gasteiger partial charge >= 0.3 is 0 Å². The second-order valence-electron chi connectivity index (χ2n) is 12.1. The summed E-state index contributed by atoms with van der Waals surface area (Å²) in [6, 6.07) is 28.4. The molecule has 46 heavy (non-hydrogen) atoms. The standard InChI is InChI=1S/C36H40ClN3O5S/c1-26-14-16-30(17-15-26)40(46(43,44)32-20-18-31(45-5)19-21-32)25-34(41)39(24-28-12-9-13-29(37)22-28)33(35(42)38-36(2,3)4)23-27-10-7-6-8-11-27/h6-22,33H,23-25H2,1-5H3,(H,38,42). The molecule has 0 aliphatic carbocycles. The van der Waals surface area contributed by atoms with Crippen molar-refractivity contribution in [3.05, 3.63) is 125 Å². The summed E-state index contributed by atoms with van der Waals surface area (Å²) >= 11 is 6.31. The van der Waals surface area contributed by atoms with E-state index in [-0.39, 0.29) is 23.8 Å². The van der Waals surface area contributed by atoms with Crippen molar-refractivity contribution < 1.29 is 22.7 Å². The normalized spacial score (nSPS) is 12.2. The quantitative estimate of drug-likeness (QED) is 0.189. The molecule has 1 unspecified atom stereocenters. The maximum Gasteiger partial charge on any atom is 0.264 e. The van der Waals surface area contributed by atoms with Crippen LogP contribution in [0.25, 0.3) is 0 Å². The van der Waals surface area contributed by atoms with Gasteiger partial charge in [0.2, 0.25) is 11.8 Å². The number of sulfonamides is 1. The van der Waals surface area contributed by atoms with E-state index in [1.54, 1.807) is 54.6 Å². The highest BCUT2D eigenvalue weighted by Gasteiger charge is 2.35. The van der Waals surface area contributed by atoms with Crippen molar-refractivity contribution in [2.45, 2.75) is 57.1 Å². The van der Waals surface area contributed by atoms with Crippen LogP contribution in [-0.2, 0) is 32.6 Å². The SMILES string of the molecule is COc1ccc(S(=O)(=O)N(CC(=O)N(Cc2cccc(Cl)c2)C(Cc2ccccc2)C(=O)NC(C)(C)C)c2ccc(C)cc2)cc1. The van der Waals surface area contributed by atoms with Crippen LogP contribution in [0.1, 0.15) is 37.5 Å². The molecule has 0 aliphatic rings. The van der Waals surface area contributed by atoms with Crippen LogP contribution in [0, 0.1) is 6.92 Å². The van der Waals surface area contributed by atoms with E-state index in [0.717, 1.165) is 15.4 Å². The summed E-state index contributed by atoms with van der Waals surface area (Å²) in [7, 11) is -2.73. The Hall–Kier alpha value is -4.34. The third kappa shape index (κ3) is 9.11. The summed E-state index contributed by atoms with van der Waals surface area (Å²) in [5.41, 5.74) is 2.21. The summed E-state index contributed by atoms with van der Waals surface area (Å²) in [4.78, 5) is 30.0. The van der Waals surface area contributed by atoms with E-state index < -0.39 is 34.1 Å². The van der Waals surface area contributed by atoms with Crippen molar-refractivity contribution in [2.75, 3.05) is 18.0 Å². The summed E-state index contributed by atoms with van der Waals surface area (Å²) in [5, 5.41) is 3.51. The van der Waals surface area contributed by atoms with Crippen molar-refractivity contribution in [2.24, 2.45) is 0 Å². The minimum Gasteiger partial charge on any atom is -0.497 e. The number of carbonyl (C=O) groups excluding carboxylic acids is 2. The zero-order valence-electron chi connectivity index (χ0n) is 26.7. The molecule has 10 heteroatoms. The Morgan fingerprint density at radius 3 is 2.09 bits per heavy atom. The van der Waals surface area contributed by atoms with Crippen LogP contribution < -0.4 is 14.4 Å². The largest absolute Gasteiger partial charge is 0.497 e. The van der Waals surface area contributed by atoms with Gasteiger partial charge in [0.1, 0.15) is 18.3 Å². The number of halogens is 1. The minimum absolute atomic E-state index is 0.00521. The van der Waals surface area contributed by atoms with E-state index in [2.05, 4.69) is 5.32 Å². The summed E-state index contributed by atoms with van der Waals surface area (Å²) in [6.07, 6.45) is 0.213. The lowest BCUT2D eigenvalue weighted by Gasteiger charge is -2.35. The molecule has 4 aromatic rings. The Bertz CT molecular complexity index is 1740. The van der Waals surface area contributed by atoms with Gasteiger partial charge in [0.25, 0.3) is 10.0 Å². The topological polar surface area (TPSA) is 96.0 Å². The van der Waals surface area contributed by atoms with Crippen molar-refractivity contribution in [1.82, 2.24) is 10.2 Å². The third-order valence-electron chi connectivity index (χ3n) is 7.26. The van der Waals surface area contributed by atoms with Gasteiger partial charge in [-0.25, -0.2) is 8.42 Å². The fourth-order valence-electron chi connectivity index (χ4n) is 4.95. The molecule has 0 radical (unpaired) electrons. The molecule has 0 aliphatic heterocycles. The van der Waals surface area contributed by atoms with Crippen molar-refractivity contribution in [3.63, 3.8) is 0 Å². The zero-order valence-corrected chi connectivity index (χ0v) is 28.3. The Labute approximate surface area is 277 Å². The molecule has 1 atom stereocenters. The molecule has 4 rings (SSSR count). The van der Waals surface area contributed by atoms with E-state index in [9.17, 15) is 18.0 Å². The van der Waals surface area contributed by atoms with Gasteiger partial charge in [-0.15, -0.1) is 0 Å². The number of nitrogens with zero attached hydrogens (tertiary/aromatic N) is 2. The molecule has 8 nitrogen and oxygen atoms in total. The van der Waals surface area contributed by atoms with Gasteiger partial charge < -0.3 is 15.0 Å². The molecule has 0 aromatic heterocycles. The molecule has 0 bridgehead atoms. The van der Waals surface area contributed by atoms with E-state index in [1.165, 1.54) is 24.1 Å². The van der Waals surface area contributed by atoms with Crippen LogP contribution >= 0.6 is 11.6 Å². The fourth-order valence-corrected chi connectivity index (χ4v) is 6.58. The first kappa shape index (κ1) is 34.5. The molecule has 0 fully saturated rings. The second kappa shape index (κ2) is 14.8. The highest BCUT2D eigenvalue weighted by atomic mass is 35.5. The first-order valence-corrected chi connectivity index (χ1v) is 16.7. The van der Waals surface area contributed by atoms with Gasteiger partial charge in [0.15, 0.2) is 0 Å². The number of hydrogen-bond donors (Lipinski definition) is 1. The van der Waals surface area contributed by atoms with Gasteiger partial charge in [-0.3, -0.25) is 13.9 Å². The first-order valence-electron chi connectivity index (χ1n) is 14.9. The van der Waals surface area contributed by atoms with Gasteiger partial charge in [0.05, 0.1) is 17.7 Å². The third-order valence-corrected chi connectivity index (χ3v) is 9.28. The van der Waals surface area contributed by atoms with E-state index in [1.807, 2.05) is 64.1 Å². The first-order chi connectivity index (χ1) is 21.8. The number of aryl methyl sites for hydroxylation is 1. The molecular formula is C36H40ClN3O5S. The molecule has 0 spiro atoms.